The van der Waals surface area contributed by atoms with E-state index in [0.717, 1.165) is 16.7 Å². The van der Waals surface area contributed by atoms with Crippen LogP contribution in [0.3, 0.4) is 0 Å². The van der Waals surface area contributed by atoms with Gasteiger partial charge in [-0.3, -0.25) is 9.59 Å². The van der Waals surface area contributed by atoms with Crippen LogP contribution in [0.1, 0.15) is 45.1 Å². The third-order valence-corrected chi connectivity index (χ3v) is 6.07. The fraction of sp³-hybridized carbons (Fsp3) is 0.462. The number of carboxylic acid groups (broad SMARTS) is 1. The lowest BCUT2D eigenvalue weighted by atomic mass is 9.98. The molecule has 1 aliphatic rings. The van der Waals surface area contributed by atoms with Crippen LogP contribution in [0.5, 0.6) is 5.75 Å². The normalized spacial score (nSPS) is 20.2. The third kappa shape index (κ3) is 7.14. The Morgan fingerprint density at radius 3 is 2.51 bits per heavy atom. The zero-order chi connectivity index (χ0) is 25.5. The van der Waals surface area contributed by atoms with Crippen molar-refractivity contribution in [1.82, 2.24) is 4.90 Å². The first-order valence-corrected chi connectivity index (χ1v) is 11.8. The van der Waals surface area contributed by atoms with Gasteiger partial charge in [-0.05, 0) is 57.7 Å². The summed E-state index contributed by atoms with van der Waals surface area (Å²) in [5.41, 5.74) is 0.652. The zero-order valence-electron chi connectivity index (χ0n) is 19.9. The van der Waals surface area contributed by atoms with Gasteiger partial charge in [-0.2, -0.15) is 0 Å². The molecule has 0 unspecified atom stereocenters. The monoisotopic (exact) mass is 490 g/mol. The molecule has 0 aromatic heterocycles. The largest absolute Gasteiger partial charge is 0.489 e. The highest BCUT2D eigenvalue weighted by Gasteiger charge is 2.33. The molecule has 9 heteroatoms. The van der Waals surface area contributed by atoms with Crippen molar-refractivity contribution in [2.24, 2.45) is 5.92 Å². The van der Waals surface area contributed by atoms with E-state index < -0.39 is 42.1 Å². The number of hydrogen-bond donors (Lipinski definition) is 3. The number of hydrogen-bond acceptors (Lipinski definition) is 5. The summed E-state index contributed by atoms with van der Waals surface area (Å²) in [7, 11) is 0. The predicted molar refractivity (Wildman–Crippen MR) is 127 cm³/mol. The molecule has 1 saturated carbocycles. The zero-order valence-corrected chi connectivity index (χ0v) is 19.9. The number of carbonyl (C=O) groups is 2. The first-order valence-electron chi connectivity index (χ1n) is 11.8. The number of benzene rings is 2. The van der Waals surface area contributed by atoms with Crippen LogP contribution in [0.2, 0.25) is 0 Å². The molecule has 7 nitrogen and oxygen atoms in total. The van der Waals surface area contributed by atoms with E-state index >= 15 is 0 Å². The number of ether oxygens (including phenoxy) is 1. The molecule has 0 bridgehead atoms. The highest BCUT2D eigenvalue weighted by molar-refractivity contribution is 5.83. The Hall–Kier alpha value is -3.20. The van der Waals surface area contributed by atoms with Crippen LogP contribution in [-0.2, 0) is 16.1 Å². The van der Waals surface area contributed by atoms with Crippen LogP contribution < -0.4 is 10.1 Å². The summed E-state index contributed by atoms with van der Waals surface area (Å²) in [5.74, 6) is -3.74. The van der Waals surface area contributed by atoms with E-state index in [-0.39, 0.29) is 24.3 Å². The molecule has 1 aliphatic carbocycles. The number of aliphatic hydroxyl groups is 1. The van der Waals surface area contributed by atoms with Crippen LogP contribution >= 0.6 is 0 Å². The minimum absolute atomic E-state index is 0.0258. The molecule has 35 heavy (non-hydrogen) atoms. The Labute approximate surface area is 203 Å². The van der Waals surface area contributed by atoms with E-state index in [4.69, 9.17) is 4.74 Å². The lowest BCUT2D eigenvalue weighted by Gasteiger charge is -2.26. The van der Waals surface area contributed by atoms with Gasteiger partial charge in [0.2, 0.25) is 5.91 Å². The van der Waals surface area contributed by atoms with Crippen molar-refractivity contribution in [3.8, 4) is 5.75 Å². The maximum Gasteiger partial charge on any atom is 0.323 e. The summed E-state index contributed by atoms with van der Waals surface area (Å²) >= 11 is 0. The van der Waals surface area contributed by atoms with Crippen molar-refractivity contribution < 1.29 is 33.3 Å². The molecule has 1 amide bonds. The Balaban J connectivity index is 1.72. The smallest absolute Gasteiger partial charge is 0.323 e. The van der Waals surface area contributed by atoms with Crippen molar-refractivity contribution >= 4 is 17.6 Å². The number of halogens is 2. The minimum Gasteiger partial charge on any atom is -0.489 e. The summed E-state index contributed by atoms with van der Waals surface area (Å²) in [5, 5.41) is 23.4. The van der Waals surface area contributed by atoms with Gasteiger partial charge in [0.25, 0.3) is 0 Å². The van der Waals surface area contributed by atoms with Crippen molar-refractivity contribution in [2.45, 2.75) is 64.3 Å². The molecule has 190 valence electrons. The summed E-state index contributed by atoms with van der Waals surface area (Å²) in [4.78, 5) is 25.7. The highest BCUT2D eigenvalue weighted by atomic mass is 19.2. The minimum atomic E-state index is -1.25. The van der Waals surface area contributed by atoms with Crippen LogP contribution in [-0.4, -0.2) is 51.8 Å². The number of rotatable bonds is 9. The lowest BCUT2D eigenvalue weighted by Crippen LogP contribution is -2.39. The molecule has 0 spiro atoms. The number of aliphatic hydroxyl groups excluding tert-OH is 1. The van der Waals surface area contributed by atoms with E-state index in [2.05, 4.69) is 5.32 Å². The van der Waals surface area contributed by atoms with Gasteiger partial charge in [-0.1, -0.05) is 24.3 Å². The Bertz CT molecular complexity index is 1030. The van der Waals surface area contributed by atoms with Gasteiger partial charge < -0.3 is 25.2 Å². The molecule has 0 heterocycles. The highest BCUT2D eigenvalue weighted by Crippen LogP contribution is 2.31. The molecule has 2 aromatic carbocycles. The van der Waals surface area contributed by atoms with E-state index in [0.29, 0.717) is 31.4 Å². The topological polar surface area (TPSA) is 99.1 Å². The van der Waals surface area contributed by atoms with Crippen molar-refractivity contribution in [2.75, 3.05) is 11.9 Å². The van der Waals surface area contributed by atoms with Gasteiger partial charge >= 0.3 is 5.97 Å². The quantitative estimate of drug-likeness (QED) is 0.456. The third-order valence-electron chi connectivity index (χ3n) is 6.07. The van der Waals surface area contributed by atoms with Crippen molar-refractivity contribution in [1.29, 1.82) is 0 Å². The van der Waals surface area contributed by atoms with Crippen LogP contribution in [0.25, 0.3) is 0 Å². The van der Waals surface area contributed by atoms with Gasteiger partial charge in [0.05, 0.1) is 23.9 Å². The Morgan fingerprint density at radius 1 is 1.09 bits per heavy atom. The van der Waals surface area contributed by atoms with Gasteiger partial charge in [-0.25, -0.2) is 8.78 Å². The van der Waals surface area contributed by atoms with Crippen LogP contribution in [0, 0.1) is 17.6 Å². The molecule has 3 N–H and O–H groups in total. The standard InChI is InChI=1S/C26H32F2N2O5/c1-16(2)35-23-9-4-3-8-21(23)29-20-12-10-17(11-13-22(20)31)26(34)30(15-24(32)33)14-18-6-5-7-19(27)25(18)28/h3-9,16-17,20,22,29,31H,10-15H2,1-2H3,(H,32,33)/t17-,20+,22+/m1/s1. The number of aliphatic carboxylic acids is 1. The van der Waals surface area contributed by atoms with E-state index in [1.54, 1.807) is 0 Å². The van der Waals surface area contributed by atoms with Crippen molar-refractivity contribution in [3.63, 3.8) is 0 Å². The molecule has 3 atom stereocenters. The number of anilines is 1. The molecule has 1 fully saturated rings. The number of para-hydroxylation sites is 2. The van der Waals surface area contributed by atoms with E-state index in [1.165, 1.54) is 12.1 Å². The maximum absolute atomic E-state index is 14.2. The molecular weight excluding hydrogens is 458 g/mol. The Kier molecular flexibility index (Phi) is 9.03. The maximum atomic E-state index is 14.2. The second-order valence-corrected chi connectivity index (χ2v) is 9.13. The summed E-state index contributed by atoms with van der Waals surface area (Å²) in [6.45, 7) is 2.86. The first-order chi connectivity index (χ1) is 16.7. The number of carbonyl (C=O) groups excluding carboxylic acids is 1. The van der Waals surface area contributed by atoms with E-state index in [1.807, 2.05) is 38.1 Å². The van der Waals surface area contributed by atoms with Crippen LogP contribution in [0.4, 0.5) is 14.5 Å². The average molecular weight is 491 g/mol. The summed E-state index contributed by atoms with van der Waals surface area (Å²) < 4.78 is 33.6. The molecule has 0 radical (unpaired) electrons. The predicted octanol–water partition coefficient (Wildman–Crippen LogP) is 4.20. The van der Waals surface area contributed by atoms with Gasteiger partial charge in [0, 0.05) is 18.0 Å². The molecular formula is C26H32F2N2O5. The van der Waals surface area contributed by atoms with Gasteiger partial charge in [0.15, 0.2) is 11.6 Å². The summed E-state index contributed by atoms with van der Waals surface area (Å²) in [6, 6.07) is 10.7. The number of nitrogens with zero attached hydrogens (tertiary/aromatic N) is 1. The molecule has 2 aromatic rings. The first kappa shape index (κ1) is 26.4. The van der Waals surface area contributed by atoms with Gasteiger partial charge in [-0.15, -0.1) is 0 Å². The molecule has 0 saturated heterocycles. The average Bonchev–Trinajstić information content (AvgIpc) is 2.98. The molecule has 3 rings (SSSR count). The fourth-order valence-electron chi connectivity index (χ4n) is 4.36. The Morgan fingerprint density at radius 2 is 1.80 bits per heavy atom. The second-order valence-electron chi connectivity index (χ2n) is 9.13. The van der Waals surface area contributed by atoms with Crippen molar-refractivity contribution in [3.05, 3.63) is 59.7 Å². The lowest BCUT2D eigenvalue weighted by molar-refractivity contribution is -0.147. The second kappa shape index (κ2) is 12.0. The summed E-state index contributed by atoms with van der Waals surface area (Å²) in [6.07, 6.45) is 0.794. The molecule has 0 aliphatic heterocycles. The number of amides is 1. The van der Waals surface area contributed by atoms with Gasteiger partial charge in [0.1, 0.15) is 12.3 Å². The number of nitrogens with one attached hydrogen (secondary N) is 1. The number of carboxylic acids is 1. The fourth-order valence-corrected chi connectivity index (χ4v) is 4.36. The van der Waals surface area contributed by atoms with E-state index in [9.17, 15) is 28.6 Å². The van der Waals surface area contributed by atoms with Crippen LogP contribution in [0.15, 0.2) is 42.5 Å². The SMILES string of the molecule is CC(C)Oc1ccccc1N[C@H]1CC[C@@H](C(=O)N(CC(=O)O)Cc2cccc(F)c2F)CC[C@@H]1O.